The Balaban J connectivity index is 1.85. The minimum Gasteiger partial charge on any atom is -0.508 e. The number of ether oxygens (including phenoxy) is 1. The van der Waals surface area contributed by atoms with Gasteiger partial charge in [-0.05, 0) is 64.2 Å². The van der Waals surface area contributed by atoms with Crippen LogP contribution in [0, 0.1) is 16.2 Å². The normalized spacial score (nSPS) is 29.3. The third kappa shape index (κ3) is 4.80. The second kappa shape index (κ2) is 9.27. The Hall–Kier alpha value is -3.04. The first-order valence-electron chi connectivity index (χ1n) is 14.2. The van der Waals surface area contributed by atoms with Gasteiger partial charge in [-0.3, -0.25) is 0 Å². The zero-order chi connectivity index (χ0) is 28.4. The highest BCUT2D eigenvalue weighted by atomic mass is 16.5. The lowest BCUT2D eigenvalue weighted by Gasteiger charge is -2.54. The minimum absolute atomic E-state index is 0.116. The van der Waals surface area contributed by atoms with Crippen LogP contribution in [0.3, 0.4) is 0 Å². The molecule has 4 unspecified atom stereocenters. The van der Waals surface area contributed by atoms with Gasteiger partial charge < -0.3 is 14.9 Å². The molecule has 0 spiro atoms. The van der Waals surface area contributed by atoms with Crippen LogP contribution in [-0.2, 0) is 11.2 Å². The molecule has 0 aromatic heterocycles. The van der Waals surface area contributed by atoms with E-state index in [1.807, 2.05) is 25.1 Å². The molecule has 1 heterocycles. The molecule has 1 aliphatic heterocycles. The van der Waals surface area contributed by atoms with E-state index in [-0.39, 0.29) is 22.9 Å². The summed E-state index contributed by atoms with van der Waals surface area (Å²) in [4.78, 5) is 0. The molecule has 0 amide bonds. The van der Waals surface area contributed by atoms with E-state index < -0.39 is 11.0 Å². The smallest absolute Gasteiger partial charge is 0.127 e. The number of hydrogen-bond donors (Lipinski definition) is 2. The van der Waals surface area contributed by atoms with Gasteiger partial charge in [0, 0.05) is 23.3 Å². The maximum atomic E-state index is 12.2. The van der Waals surface area contributed by atoms with E-state index in [0.29, 0.717) is 18.6 Å². The lowest BCUT2D eigenvalue weighted by molar-refractivity contribution is 0.00972. The molecule has 1 saturated heterocycles. The lowest BCUT2D eigenvalue weighted by Crippen LogP contribution is -2.49. The van der Waals surface area contributed by atoms with Crippen molar-refractivity contribution in [3.05, 3.63) is 118 Å². The molecular weight excluding hydrogens is 480 g/mol. The van der Waals surface area contributed by atoms with Crippen LogP contribution >= 0.6 is 0 Å². The molecule has 2 aliphatic carbocycles. The van der Waals surface area contributed by atoms with Crippen molar-refractivity contribution < 1.29 is 14.9 Å². The molecule has 3 aliphatic rings. The molecule has 3 heteroatoms. The first-order valence-corrected chi connectivity index (χ1v) is 14.2. The maximum Gasteiger partial charge on any atom is 0.127 e. The average molecular weight is 525 g/mol. The topological polar surface area (TPSA) is 49.7 Å². The summed E-state index contributed by atoms with van der Waals surface area (Å²) in [7, 11) is 0. The fourth-order valence-corrected chi connectivity index (χ4v) is 6.78. The Morgan fingerprint density at radius 3 is 2.03 bits per heavy atom. The standard InChI is InChI=1S/C36H44O3/c1-33(2,3)25-20-29-35(7,22-28(25)37)31(24-17-13-10-14-18-24)30-26(19-23-15-11-9-12-16-23)36(8,38)21-27(32(30)39-29)34(4,5)6/h9-18,20,22,29,31,37-38H,19,21H2,1-8H3. The summed E-state index contributed by atoms with van der Waals surface area (Å²) >= 11 is 0. The van der Waals surface area contributed by atoms with Crippen molar-refractivity contribution in [3.8, 4) is 0 Å². The van der Waals surface area contributed by atoms with Crippen molar-refractivity contribution in [2.24, 2.45) is 16.2 Å². The summed E-state index contributed by atoms with van der Waals surface area (Å²) in [5.41, 5.74) is 4.44. The summed E-state index contributed by atoms with van der Waals surface area (Å²) in [6, 6.07) is 21.0. The van der Waals surface area contributed by atoms with E-state index in [1.165, 1.54) is 0 Å². The van der Waals surface area contributed by atoms with Crippen LogP contribution < -0.4 is 0 Å². The van der Waals surface area contributed by atoms with Crippen LogP contribution in [0.2, 0.25) is 0 Å². The van der Waals surface area contributed by atoms with E-state index in [2.05, 4.69) is 103 Å². The molecule has 2 aromatic rings. The molecule has 0 radical (unpaired) electrons. The Morgan fingerprint density at radius 1 is 0.872 bits per heavy atom. The third-order valence-electron chi connectivity index (χ3n) is 8.90. The van der Waals surface area contributed by atoms with Crippen LogP contribution in [0.1, 0.15) is 78.9 Å². The molecule has 206 valence electrons. The average Bonchev–Trinajstić information content (AvgIpc) is 2.84. The van der Waals surface area contributed by atoms with Crippen LogP contribution in [0.5, 0.6) is 0 Å². The van der Waals surface area contributed by atoms with Gasteiger partial charge >= 0.3 is 0 Å². The first-order chi connectivity index (χ1) is 18.1. The van der Waals surface area contributed by atoms with Crippen molar-refractivity contribution in [2.45, 2.75) is 85.9 Å². The van der Waals surface area contributed by atoms with Crippen LogP contribution in [-0.4, -0.2) is 21.9 Å². The summed E-state index contributed by atoms with van der Waals surface area (Å²) < 4.78 is 7.10. The highest BCUT2D eigenvalue weighted by Crippen LogP contribution is 2.61. The van der Waals surface area contributed by atoms with Gasteiger partial charge in [0.15, 0.2) is 0 Å². The van der Waals surface area contributed by atoms with Crippen molar-refractivity contribution in [3.63, 3.8) is 0 Å². The molecule has 2 N–H and O–H groups in total. The molecule has 3 nitrogen and oxygen atoms in total. The van der Waals surface area contributed by atoms with Crippen LogP contribution in [0.15, 0.2) is 107 Å². The lowest BCUT2D eigenvalue weighted by atomic mass is 9.57. The van der Waals surface area contributed by atoms with Crippen LogP contribution in [0.4, 0.5) is 0 Å². The zero-order valence-corrected chi connectivity index (χ0v) is 24.8. The number of fused-ring (bicyclic) bond motifs is 2. The Labute approximate surface area is 234 Å². The predicted molar refractivity (Wildman–Crippen MR) is 159 cm³/mol. The van der Waals surface area contributed by atoms with Gasteiger partial charge in [-0.15, -0.1) is 0 Å². The van der Waals surface area contributed by atoms with Gasteiger partial charge in [0.05, 0.1) is 5.60 Å². The summed E-state index contributed by atoms with van der Waals surface area (Å²) in [6.45, 7) is 17.2. The van der Waals surface area contributed by atoms with Gasteiger partial charge in [0.2, 0.25) is 0 Å². The number of allylic oxidation sites excluding steroid dienone is 2. The van der Waals surface area contributed by atoms with Gasteiger partial charge in [0.25, 0.3) is 0 Å². The van der Waals surface area contributed by atoms with Gasteiger partial charge in [0.1, 0.15) is 17.6 Å². The number of aliphatic hydroxyl groups excluding tert-OH is 1. The molecule has 2 aromatic carbocycles. The van der Waals surface area contributed by atoms with E-state index in [0.717, 1.165) is 39.2 Å². The molecular formula is C36H44O3. The molecule has 39 heavy (non-hydrogen) atoms. The SMILES string of the molecule is CC(C)(C)C1=CC2OC3=C(C(C)(C)C)CC(C)(O)C(Cc4ccccc4)=C3C(c3ccccc3)C2(C)C=C1O. The van der Waals surface area contributed by atoms with Gasteiger partial charge in [-0.1, -0.05) is 109 Å². The van der Waals surface area contributed by atoms with Crippen molar-refractivity contribution >= 4 is 0 Å². The van der Waals surface area contributed by atoms with Crippen molar-refractivity contribution in [1.82, 2.24) is 0 Å². The number of hydrogen-bond acceptors (Lipinski definition) is 3. The summed E-state index contributed by atoms with van der Waals surface area (Å²) in [5, 5.41) is 23.6. The van der Waals surface area contributed by atoms with E-state index in [4.69, 9.17) is 4.74 Å². The molecule has 4 atom stereocenters. The van der Waals surface area contributed by atoms with Crippen LogP contribution in [0.25, 0.3) is 0 Å². The monoisotopic (exact) mass is 524 g/mol. The Morgan fingerprint density at radius 2 is 1.46 bits per heavy atom. The predicted octanol–water partition coefficient (Wildman–Crippen LogP) is 8.60. The van der Waals surface area contributed by atoms with Crippen molar-refractivity contribution in [1.29, 1.82) is 0 Å². The molecule has 5 rings (SSSR count). The van der Waals surface area contributed by atoms with E-state index in [9.17, 15) is 10.2 Å². The highest BCUT2D eigenvalue weighted by molar-refractivity contribution is 5.57. The number of aliphatic hydroxyl groups is 2. The third-order valence-corrected chi connectivity index (χ3v) is 8.90. The summed E-state index contributed by atoms with van der Waals surface area (Å²) in [6.07, 6.45) is 5.08. The van der Waals surface area contributed by atoms with E-state index >= 15 is 0 Å². The summed E-state index contributed by atoms with van der Waals surface area (Å²) in [5.74, 6) is 1.13. The maximum absolute atomic E-state index is 12.2. The van der Waals surface area contributed by atoms with Gasteiger partial charge in [-0.2, -0.15) is 0 Å². The van der Waals surface area contributed by atoms with Crippen molar-refractivity contribution in [2.75, 3.05) is 0 Å². The fraction of sp³-hybridized carbons (Fsp3) is 0.444. The highest BCUT2D eigenvalue weighted by Gasteiger charge is 2.55. The Bertz CT molecular complexity index is 1370. The first kappa shape index (κ1) is 27.5. The fourth-order valence-electron chi connectivity index (χ4n) is 6.78. The second-order valence-electron chi connectivity index (χ2n) is 14.2. The number of rotatable bonds is 3. The van der Waals surface area contributed by atoms with Gasteiger partial charge in [-0.25, -0.2) is 0 Å². The quantitative estimate of drug-likeness (QED) is 0.423. The molecule has 0 saturated carbocycles. The molecule has 1 fully saturated rings. The van der Waals surface area contributed by atoms with E-state index in [1.54, 1.807) is 0 Å². The second-order valence-corrected chi connectivity index (χ2v) is 14.2. The number of benzene rings is 2. The zero-order valence-electron chi connectivity index (χ0n) is 24.8. The minimum atomic E-state index is -1.04. The largest absolute Gasteiger partial charge is 0.508 e. The Kier molecular flexibility index (Phi) is 6.54. The molecule has 0 bridgehead atoms.